The summed E-state index contributed by atoms with van der Waals surface area (Å²) in [4.78, 5) is 32.0. The number of ether oxygens (including phenoxy) is 1. The zero-order valence-electron chi connectivity index (χ0n) is 18.3. The molecule has 1 unspecified atom stereocenters. The molecule has 7 heteroatoms. The van der Waals surface area contributed by atoms with E-state index in [0.29, 0.717) is 11.4 Å². The highest BCUT2D eigenvalue weighted by molar-refractivity contribution is 7.09. The molecule has 1 atom stereocenters. The summed E-state index contributed by atoms with van der Waals surface area (Å²) < 4.78 is 5.62. The zero-order chi connectivity index (χ0) is 22.3. The van der Waals surface area contributed by atoms with E-state index in [-0.39, 0.29) is 18.4 Å². The summed E-state index contributed by atoms with van der Waals surface area (Å²) in [5.74, 6) is 0.0860. The van der Waals surface area contributed by atoms with Crippen molar-refractivity contribution in [1.29, 1.82) is 0 Å². The van der Waals surface area contributed by atoms with Crippen LogP contribution < -0.4 is 15.0 Å². The lowest BCUT2D eigenvalue weighted by molar-refractivity contribution is -0.125. The van der Waals surface area contributed by atoms with E-state index in [4.69, 9.17) is 4.74 Å². The first-order valence-corrected chi connectivity index (χ1v) is 11.0. The summed E-state index contributed by atoms with van der Waals surface area (Å²) in [7, 11) is 0. The van der Waals surface area contributed by atoms with Crippen molar-refractivity contribution in [3.8, 4) is 17.0 Å². The van der Waals surface area contributed by atoms with E-state index in [1.54, 1.807) is 18.3 Å². The third kappa shape index (κ3) is 4.05. The monoisotopic (exact) mass is 435 g/mol. The van der Waals surface area contributed by atoms with Crippen LogP contribution in [0.15, 0.2) is 35.7 Å². The van der Waals surface area contributed by atoms with Crippen molar-refractivity contribution in [1.82, 2.24) is 4.98 Å². The summed E-state index contributed by atoms with van der Waals surface area (Å²) in [6.07, 6.45) is 0. The number of thiazole rings is 1. The number of amides is 2. The van der Waals surface area contributed by atoms with Crippen molar-refractivity contribution >= 4 is 34.5 Å². The molecule has 1 aromatic heterocycles. The Labute approximate surface area is 185 Å². The van der Waals surface area contributed by atoms with Crippen LogP contribution in [0.25, 0.3) is 11.3 Å². The van der Waals surface area contributed by atoms with Gasteiger partial charge in [0.2, 0.25) is 5.91 Å². The van der Waals surface area contributed by atoms with Gasteiger partial charge in [-0.15, -0.1) is 11.3 Å². The Morgan fingerprint density at radius 1 is 1.16 bits per heavy atom. The molecule has 6 nitrogen and oxygen atoms in total. The normalized spacial score (nSPS) is 14.1. The molecule has 1 aliphatic heterocycles. The molecule has 0 bridgehead atoms. The number of hydrogen-bond donors (Lipinski definition) is 1. The molecule has 1 aliphatic rings. The van der Waals surface area contributed by atoms with Gasteiger partial charge in [-0.1, -0.05) is 17.7 Å². The topological polar surface area (TPSA) is 71.5 Å². The van der Waals surface area contributed by atoms with Crippen molar-refractivity contribution in [3.63, 3.8) is 0 Å². The van der Waals surface area contributed by atoms with Crippen molar-refractivity contribution in [2.45, 2.75) is 40.7 Å². The number of aromatic nitrogens is 1. The number of nitrogens with one attached hydrogen (secondary N) is 1. The SMILES string of the molecule is Cc1cc(C)c(NC(=O)C(C)N2C(=O)COc3ccc(-c4csc(C)n4)cc32)c(C)c1. The zero-order valence-corrected chi connectivity index (χ0v) is 19.1. The van der Waals surface area contributed by atoms with Gasteiger partial charge in [-0.25, -0.2) is 4.98 Å². The number of hydrogen-bond acceptors (Lipinski definition) is 5. The first kappa shape index (κ1) is 21.1. The fourth-order valence-electron chi connectivity index (χ4n) is 3.97. The van der Waals surface area contributed by atoms with Crippen LogP contribution in [0.1, 0.15) is 28.6 Å². The quantitative estimate of drug-likeness (QED) is 0.639. The Kier molecular flexibility index (Phi) is 5.54. The Bertz CT molecular complexity index is 1160. The number of aryl methyl sites for hydroxylation is 4. The fraction of sp³-hybridized carbons (Fsp3) is 0.292. The number of benzene rings is 2. The van der Waals surface area contributed by atoms with Crippen molar-refractivity contribution in [2.75, 3.05) is 16.8 Å². The number of fused-ring (bicyclic) bond motifs is 1. The highest BCUT2D eigenvalue weighted by Gasteiger charge is 2.33. The molecule has 31 heavy (non-hydrogen) atoms. The molecule has 1 N–H and O–H groups in total. The smallest absolute Gasteiger partial charge is 0.265 e. The Morgan fingerprint density at radius 3 is 2.52 bits per heavy atom. The molecule has 0 saturated carbocycles. The molecule has 2 aromatic carbocycles. The molecular weight excluding hydrogens is 410 g/mol. The average Bonchev–Trinajstić information content (AvgIpc) is 3.16. The first-order valence-electron chi connectivity index (χ1n) is 10.1. The molecule has 0 saturated heterocycles. The second-order valence-corrected chi connectivity index (χ2v) is 8.99. The van der Waals surface area contributed by atoms with Gasteiger partial charge in [-0.2, -0.15) is 0 Å². The van der Waals surface area contributed by atoms with Crippen LogP contribution in [0, 0.1) is 27.7 Å². The molecule has 0 fully saturated rings. The average molecular weight is 436 g/mol. The maximum atomic E-state index is 13.2. The Balaban J connectivity index is 1.66. The van der Waals surface area contributed by atoms with E-state index >= 15 is 0 Å². The fourth-order valence-corrected chi connectivity index (χ4v) is 4.60. The third-order valence-electron chi connectivity index (χ3n) is 5.45. The van der Waals surface area contributed by atoms with E-state index in [1.807, 2.05) is 63.4 Å². The lowest BCUT2D eigenvalue weighted by Crippen LogP contribution is -2.49. The molecule has 0 spiro atoms. The molecule has 0 aliphatic carbocycles. The van der Waals surface area contributed by atoms with Gasteiger partial charge in [0.1, 0.15) is 11.8 Å². The van der Waals surface area contributed by atoms with Crippen LogP contribution in [0.3, 0.4) is 0 Å². The predicted molar refractivity (Wildman–Crippen MR) is 124 cm³/mol. The summed E-state index contributed by atoms with van der Waals surface area (Å²) in [5.41, 5.74) is 6.22. The molecule has 2 heterocycles. The van der Waals surface area contributed by atoms with Gasteiger partial charge in [-0.05, 0) is 63.9 Å². The summed E-state index contributed by atoms with van der Waals surface area (Å²) >= 11 is 1.57. The van der Waals surface area contributed by atoms with Crippen LogP contribution in [-0.4, -0.2) is 29.4 Å². The lowest BCUT2D eigenvalue weighted by atomic mass is 10.0. The van der Waals surface area contributed by atoms with Crippen molar-refractivity contribution in [3.05, 3.63) is 57.4 Å². The number of anilines is 2. The molecule has 160 valence electrons. The van der Waals surface area contributed by atoms with Gasteiger partial charge in [0.05, 0.1) is 16.4 Å². The number of nitrogens with zero attached hydrogens (tertiary/aromatic N) is 2. The first-order chi connectivity index (χ1) is 14.7. The van der Waals surface area contributed by atoms with E-state index in [1.165, 1.54) is 4.90 Å². The molecule has 0 radical (unpaired) electrons. The van der Waals surface area contributed by atoms with Crippen molar-refractivity contribution < 1.29 is 14.3 Å². The van der Waals surface area contributed by atoms with Gasteiger partial charge in [0.15, 0.2) is 6.61 Å². The van der Waals surface area contributed by atoms with Crippen LogP contribution >= 0.6 is 11.3 Å². The Hall–Kier alpha value is -3.19. The lowest BCUT2D eigenvalue weighted by Gasteiger charge is -2.33. The Morgan fingerprint density at radius 2 is 1.87 bits per heavy atom. The largest absolute Gasteiger partial charge is 0.482 e. The second kappa shape index (κ2) is 8.15. The van der Waals surface area contributed by atoms with Crippen LogP contribution in [0.4, 0.5) is 11.4 Å². The minimum atomic E-state index is -0.706. The molecule has 2 amide bonds. The van der Waals surface area contributed by atoms with E-state index in [9.17, 15) is 9.59 Å². The summed E-state index contributed by atoms with van der Waals surface area (Å²) in [6, 6.07) is 8.98. The predicted octanol–water partition coefficient (Wildman–Crippen LogP) is 4.80. The van der Waals surface area contributed by atoms with Crippen LogP contribution in [-0.2, 0) is 9.59 Å². The van der Waals surface area contributed by atoms with Crippen LogP contribution in [0.5, 0.6) is 5.75 Å². The van der Waals surface area contributed by atoms with E-state index in [0.717, 1.165) is 38.6 Å². The van der Waals surface area contributed by atoms with E-state index < -0.39 is 6.04 Å². The summed E-state index contributed by atoms with van der Waals surface area (Å²) in [5, 5.41) is 5.96. The highest BCUT2D eigenvalue weighted by atomic mass is 32.1. The minimum Gasteiger partial charge on any atom is -0.482 e. The maximum absolute atomic E-state index is 13.2. The standard InChI is InChI=1S/C24H25N3O3S/c1-13-8-14(2)23(15(3)9-13)26-24(29)16(4)27-20-10-18(19-12-31-17(5)25-19)6-7-21(20)30-11-22(27)28/h6-10,12,16H,11H2,1-5H3,(H,26,29). The summed E-state index contributed by atoms with van der Waals surface area (Å²) in [6.45, 7) is 9.56. The van der Waals surface area contributed by atoms with Gasteiger partial charge in [0, 0.05) is 16.6 Å². The van der Waals surface area contributed by atoms with E-state index in [2.05, 4.69) is 10.3 Å². The third-order valence-corrected chi connectivity index (χ3v) is 6.22. The minimum absolute atomic E-state index is 0.0949. The molecule has 3 aromatic rings. The molecular formula is C24H25N3O3S. The highest BCUT2D eigenvalue weighted by Crippen LogP contribution is 2.37. The van der Waals surface area contributed by atoms with Gasteiger partial charge in [0.25, 0.3) is 5.91 Å². The number of carbonyl (C=O) groups is 2. The van der Waals surface area contributed by atoms with Gasteiger partial charge in [-0.3, -0.25) is 14.5 Å². The van der Waals surface area contributed by atoms with Gasteiger partial charge >= 0.3 is 0 Å². The number of rotatable bonds is 4. The second-order valence-electron chi connectivity index (χ2n) is 7.93. The maximum Gasteiger partial charge on any atom is 0.265 e. The van der Waals surface area contributed by atoms with Gasteiger partial charge < -0.3 is 10.1 Å². The molecule has 4 rings (SSSR count). The van der Waals surface area contributed by atoms with Crippen molar-refractivity contribution in [2.24, 2.45) is 0 Å². The van der Waals surface area contributed by atoms with Crippen LogP contribution in [0.2, 0.25) is 0 Å². The number of carbonyl (C=O) groups excluding carboxylic acids is 2.